The maximum Gasteiger partial charge on any atom is 0.245 e. The minimum atomic E-state index is -3.91. The summed E-state index contributed by atoms with van der Waals surface area (Å²) in [4.78, 5) is 13.5. The smallest absolute Gasteiger partial charge is 0.245 e. The maximum absolute atomic E-state index is 13.9. The molecule has 2 unspecified atom stereocenters. The number of benzene rings is 2. The molecule has 0 saturated carbocycles. The molecule has 31 heavy (non-hydrogen) atoms. The monoisotopic (exact) mass is 483 g/mol. The minimum absolute atomic E-state index is 0.0112. The fourth-order valence-electron chi connectivity index (χ4n) is 4.02. The topological polar surface area (TPSA) is 90.7 Å². The van der Waals surface area contributed by atoms with Crippen molar-refractivity contribution in [3.8, 4) is 11.8 Å². The van der Waals surface area contributed by atoms with Crippen molar-refractivity contribution in [2.75, 3.05) is 19.7 Å². The summed E-state index contributed by atoms with van der Waals surface area (Å²) in [6.45, 7) is 1.59. The maximum atomic E-state index is 13.9. The van der Waals surface area contributed by atoms with Gasteiger partial charge in [-0.05, 0) is 30.3 Å². The lowest BCUT2D eigenvalue weighted by Gasteiger charge is -2.68. The van der Waals surface area contributed by atoms with Gasteiger partial charge < -0.3 is 9.64 Å². The molecular formula is C20H16Cl2FN3O4S. The van der Waals surface area contributed by atoms with Gasteiger partial charge in [0.05, 0.1) is 16.6 Å². The number of amides is 1. The van der Waals surface area contributed by atoms with Gasteiger partial charge in [-0.15, -0.1) is 0 Å². The molecule has 2 fully saturated rings. The molecule has 162 valence electrons. The van der Waals surface area contributed by atoms with Gasteiger partial charge in [-0.25, -0.2) is 12.8 Å². The van der Waals surface area contributed by atoms with Crippen LogP contribution in [0.1, 0.15) is 12.5 Å². The number of ether oxygens (including phenoxy) is 1. The Hall–Kier alpha value is -2.38. The quantitative estimate of drug-likeness (QED) is 0.651. The minimum Gasteiger partial charge on any atom is -0.491 e. The van der Waals surface area contributed by atoms with Crippen LogP contribution in [0.3, 0.4) is 0 Å². The summed E-state index contributed by atoms with van der Waals surface area (Å²) >= 11 is 12.0. The van der Waals surface area contributed by atoms with E-state index in [9.17, 15) is 17.6 Å². The lowest BCUT2D eigenvalue weighted by molar-refractivity contribution is -0.192. The van der Waals surface area contributed by atoms with Crippen molar-refractivity contribution in [3.63, 3.8) is 0 Å². The highest BCUT2D eigenvalue weighted by molar-refractivity contribution is 7.89. The van der Waals surface area contributed by atoms with E-state index < -0.39 is 27.4 Å². The third-order valence-corrected chi connectivity index (χ3v) is 8.27. The highest BCUT2D eigenvalue weighted by atomic mass is 35.5. The van der Waals surface area contributed by atoms with Crippen molar-refractivity contribution in [1.29, 1.82) is 5.26 Å². The van der Waals surface area contributed by atoms with Gasteiger partial charge in [-0.3, -0.25) is 4.79 Å². The number of likely N-dealkylation sites (tertiary alicyclic amines) is 1. The Morgan fingerprint density at radius 2 is 2.06 bits per heavy atom. The number of hydrogen-bond acceptors (Lipinski definition) is 5. The molecular weight excluding hydrogens is 468 g/mol. The summed E-state index contributed by atoms with van der Waals surface area (Å²) in [7, 11) is -3.91. The van der Waals surface area contributed by atoms with Gasteiger partial charge >= 0.3 is 0 Å². The summed E-state index contributed by atoms with van der Waals surface area (Å²) in [6.07, 6.45) is 0. The predicted molar refractivity (Wildman–Crippen MR) is 111 cm³/mol. The fraction of sp³-hybridized carbons (Fsp3) is 0.300. The summed E-state index contributed by atoms with van der Waals surface area (Å²) in [5, 5.41) is 9.16. The predicted octanol–water partition coefficient (Wildman–Crippen LogP) is 3.06. The number of carbonyl (C=O) groups is 1. The molecule has 2 aromatic rings. The second kappa shape index (κ2) is 7.64. The van der Waals surface area contributed by atoms with Crippen LogP contribution in [0.25, 0.3) is 0 Å². The summed E-state index contributed by atoms with van der Waals surface area (Å²) in [5.74, 6) is -0.754. The van der Waals surface area contributed by atoms with Gasteiger partial charge in [-0.1, -0.05) is 23.2 Å². The number of piperazine rings is 1. The van der Waals surface area contributed by atoms with E-state index in [-0.39, 0.29) is 46.8 Å². The lowest BCUT2D eigenvalue weighted by atomic mass is 9.73. The number of fused-ring (bicyclic) bond motifs is 1. The van der Waals surface area contributed by atoms with Crippen LogP contribution < -0.4 is 4.74 Å². The van der Waals surface area contributed by atoms with Crippen LogP contribution in [0.5, 0.6) is 5.75 Å². The van der Waals surface area contributed by atoms with E-state index in [1.807, 2.05) is 0 Å². The Morgan fingerprint density at radius 1 is 1.32 bits per heavy atom. The number of nitrogens with zero attached hydrogens (tertiary/aromatic N) is 3. The average Bonchev–Trinajstić information content (AvgIpc) is 2.68. The van der Waals surface area contributed by atoms with Crippen molar-refractivity contribution < 1.29 is 22.3 Å². The van der Waals surface area contributed by atoms with E-state index in [0.717, 1.165) is 6.07 Å². The first-order valence-electron chi connectivity index (χ1n) is 9.18. The zero-order chi connectivity index (χ0) is 22.6. The van der Waals surface area contributed by atoms with Crippen LogP contribution in [0.15, 0.2) is 41.3 Å². The second-order valence-electron chi connectivity index (χ2n) is 7.42. The lowest BCUT2D eigenvalue weighted by Crippen LogP contribution is -2.90. The Kier molecular flexibility index (Phi) is 5.38. The molecule has 1 amide bonds. The van der Waals surface area contributed by atoms with E-state index >= 15 is 0 Å². The van der Waals surface area contributed by atoms with Gasteiger partial charge in [0, 0.05) is 31.1 Å². The highest BCUT2D eigenvalue weighted by Gasteiger charge is 2.69. The Labute approximate surface area is 188 Å². The van der Waals surface area contributed by atoms with E-state index in [1.54, 1.807) is 11.0 Å². The Bertz CT molecular complexity index is 1230. The summed E-state index contributed by atoms with van der Waals surface area (Å²) in [5.41, 5.74) is -0.972. The van der Waals surface area contributed by atoms with Gasteiger partial charge in [-0.2, -0.15) is 9.57 Å². The molecule has 2 aromatic carbocycles. The number of carbonyl (C=O) groups excluding carboxylic acids is 1. The van der Waals surface area contributed by atoms with Gasteiger partial charge in [0.1, 0.15) is 34.7 Å². The first-order chi connectivity index (χ1) is 14.6. The molecule has 7 nitrogen and oxygen atoms in total. The third-order valence-electron chi connectivity index (χ3n) is 5.70. The fourth-order valence-corrected chi connectivity index (χ4v) is 6.51. The number of hydrogen-bond donors (Lipinski definition) is 0. The zero-order valence-electron chi connectivity index (χ0n) is 16.2. The summed E-state index contributed by atoms with van der Waals surface area (Å²) in [6, 6.07) is 9.20. The van der Waals surface area contributed by atoms with Gasteiger partial charge in [0.2, 0.25) is 15.9 Å². The molecule has 2 saturated heterocycles. The van der Waals surface area contributed by atoms with Crippen molar-refractivity contribution in [2.45, 2.75) is 23.4 Å². The van der Waals surface area contributed by atoms with Crippen molar-refractivity contribution in [1.82, 2.24) is 9.21 Å². The molecule has 0 spiro atoms. The molecule has 0 aliphatic carbocycles. The molecule has 2 atom stereocenters. The standard InChI is InChI=1S/C20H16Cl2FN3O4S/c1-12(27)25-9-19-20(25,11-30-15-4-2-13(8-24)17(23)7-15)10-26(19)31(28,29)18-5-3-14(21)6-16(18)22/h2-7,19H,9-11H2,1H3. The van der Waals surface area contributed by atoms with E-state index in [2.05, 4.69) is 0 Å². The number of rotatable bonds is 5. The van der Waals surface area contributed by atoms with Gasteiger partial charge in [0.15, 0.2) is 0 Å². The number of halogens is 3. The van der Waals surface area contributed by atoms with E-state index in [0.29, 0.717) is 5.02 Å². The number of nitriles is 1. The molecule has 0 bridgehead atoms. The number of sulfonamides is 1. The molecule has 0 aromatic heterocycles. The Balaban J connectivity index is 1.56. The van der Waals surface area contributed by atoms with Gasteiger partial charge in [0.25, 0.3) is 0 Å². The first-order valence-corrected chi connectivity index (χ1v) is 11.4. The van der Waals surface area contributed by atoms with Crippen molar-refractivity contribution in [2.24, 2.45) is 0 Å². The Morgan fingerprint density at radius 3 is 2.65 bits per heavy atom. The largest absolute Gasteiger partial charge is 0.491 e. The molecule has 2 aliphatic rings. The van der Waals surface area contributed by atoms with Crippen molar-refractivity contribution in [3.05, 3.63) is 57.8 Å². The summed E-state index contributed by atoms with van der Waals surface area (Å²) < 4.78 is 47.1. The normalized spacial score (nSPS) is 22.7. The molecule has 0 radical (unpaired) electrons. The second-order valence-corrected chi connectivity index (χ2v) is 10.1. The molecule has 2 heterocycles. The van der Waals surface area contributed by atoms with Crippen LogP contribution in [0, 0.1) is 17.1 Å². The first kappa shape index (κ1) is 21.8. The average molecular weight is 484 g/mol. The third kappa shape index (κ3) is 3.44. The van der Waals surface area contributed by atoms with E-state index in [1.165, 1.54) is 41.6 Å². The SMILES string of the molecule is CC(=O)N1CC2N(S(=O)(=O)c3ccc(Cl)cc3Cl)CC21COc1ccc(C#N)c(F)c1. The van der Waals surface area contributed by atoms with Crippen LogP contribution in [0.2, 0.25) is 10.0 Å². The molecule has 4 rings (SSSR count). The highest BCUT2D eigenvalue weighted by Crippen LogP contribution is 2.48. The molecule has 0 N–H and O–H groups in total. The van der Waals surface area contributed by atoms with Crippen LogP contribution in [-0.2, 0) is 14.8 Å². The van der Waals surface area contributed by atoms with Crippen LogP contribution >= 0.6 is 23.2 Å². The molecule has 11 heteroatoms. The van der Waals surface area contributed by atoms with Crippen LogP contribution in [-0.4, -0.2) is 54.8 Å². The van der Waals surface area contributed by atoms with Crippen LogP contribution in [0.4, 0.5) is 4.39 Å². The van der Waals surface area contributed by atoms with E-state index in [4.69, 9.17) is 33.2 Å². The van der Waals surface area contributed by atoms with Crippen molar-refractivity contribution >= 4 is 39.1 Å². The molecule has 2 aliphatic heterocycles. The zero-order valence-corrected chi connectivity index (χ0v) is 18.5.